The summed E-state index contributed by atoms with van der Waals surface area (Å²) in [5.41, 5.74) is 27.1. The van der Waals surface area contributed by atoms with Crippen LogP contribution >= 0.6 is 0 Å². The Morgan fingerprint density at radius 3 is 1.63 bits per heavy atom. The predicted octanol–water partition coefficient (Wildman–Crippen LogP) is 18.3. The summed E-state index contributed by atoms with van der Waals surface area (Å²) in [6, 6.07) is 70.5. The van der Waals surface area contributed by atoms with Crippen LogP contribution in [0.5, 0.6) is 0 Å². The van der Waals surface area contributed by atoms with E-state index in [9.17, 15) is 0 Å². The van der Waals surface area contributed by atoms with Crippen LogP contribution in [-0.2, 0) is 21.7 Å². The van der Waals surface area contributed by atoms with Crippen LogP contribution < -0.4 is 41.7 Å². The molecular formula is C78H78BN3O. The van der Waals surface area contributed by atoms with Gasteiger partial charge in [0.1, 0.15) is 11.0 Å². The van der Waals surface area contributed by atoms with Gasteiger partial charge in [-0.05, 0) is 169 Å². The number of para-hydroxylation sites is 2. The van der Waals surface area contributed by atoms with Crippen LogP contribution in [0.2, 0.25) is 0 Å². The predicted molar refractivity (Wildman–Crippen MR) is 359 cm³/mol. The highest BCUT2D eigenvalue weighted by molar-refractivity contribution is 7.00. The molecule has 4 nitrogen and oxygen atoms in total. The zero-order valence-corrected chi connectivity index (χ0v) is 51.2. The first-order chi connectivity index (χ1) is 39.4. The summed E-state index contributed by atoms with van der Waals surface area (Å²) in [6.45, 7) is 41.4. The van der Waals surface area contributed by atoms with E-state index in [0.29, 0.717) is 0 Å². The molecule has 0 bridgehead atoms. The Morgan fingerprint density at radius 2 is 1.01 bits per heavy atom. The second-order valence-corrected chi connectivity index (χ2v) is 27.3. The molecule has 0 saturated carbocycles. The topological polar surface area (TPSA) is 22.9 Å². The van der Waals surface area contributed by atoms with Crippen LogP contribution in [0.3, 0.4) is 0 Å². The van der Waals surface area contributed by atoms with Crippen molar-refractivity contribution in [2.75, 3.05) is 14.7 Å². The summed E-state index contributed by atoms with van der Waals surface area (Å²) in [5.74, 6) is 0. The Bertz CT molecular complexity index is 4290. The molecule has 1 aromatic heterocycles. The highest BCUT2D eigenvalue weighted by Crippen LogP contribution is 2.51. The van der Waals surface area contributed by atoms with Gasteiger partial charge in [0, 0.05) is 61.6 Å². The zero-order chi connectivity index (χ0) is 58.7. The van der Waals surface area contributed by atoms with Crippen molar-refractivity contribution in [2.24, 2.45) is 0 Å². The maximum atomic E-state index is 6.67. The summed E-state index contributed by atoms with van der Waals surface area (Å²) in [6.07, 6.45) is 1.93. The Balaban J connectivity index is 1.22. The summed E-state index contributed by atoms with van der Waals surface area (Å²) >= 11 is 0. The van der Waals surface area contributed by atoms with Gasteiger partial charge in [0.05, 0.1) is 11.4 Å². The number of hydrogen-bond donors (Lipinski definition) is 0. The summed E-state index contributed by atoms with van der Waals surface area (Å²) in [7, 11) is 0. The van der Waals surface area contributed by atoms with E-state index in [0.717, 1.165) is 78.0 Å². The largest absolute Gasteiger partial charge is 0.455 e. The third-order valence-electron chi connectivity index (χ3n) is 17.4. The molecule has 0 N–H and O–H groups in total. The standard InChI is InChI=1S/C78H78BN3O/c1-17-61(74-51(4)62-30-24-25-31-71(62)83-74)53-32-40-66(63(44-53)52-26-20-18-21-27-52)81-68-48-60(80(58-28-22-19-23-29-58)59-36-33-54(34-37-59)75(5,6)7)38-39-64(68)79-65-45-55(76(8,9)10)35-41-67(65)82(70-47-57(78(14,15)16)46-69(81)72(70)79)73-49(2)42-56(43-50(73)3)77(11,12)13/h17-48H,1,4H2,2-3,5-16H3/b74-61-. The van der Waals surface area contributed by atoms with E-state index in [4.69, 9.17) is 4.42 Å². The lowest BCUT2D eigenvalue weighted by atomic mass is 9.33. The van der Waals surface area contributed by atoms with Gasteiger partial charge < -0.3 is 19.1 Å². The summed E-state index contributed by atoms with van der Waals surface area (Å²) in [4.78, 5) is 7.67. The van der Waals surface area contributed by atoms with Crippen molar-refractivity contribution in [2.45, 2.75) is 119 Å². The first-order valence-electron chi connectivity index (χ1n) is 29.6. The first-order valence-corrected chi connectivity index (χ1v) is 29.6. The molecule has 12 rings (SSSR count). The van der Waals surface area contributed by atoms with Gasteiger partial charge in [-0.15, -0.1) is 0 Å². The number of furan rings is 1. The molecular weight excluding hydrogens is 1010 g/mol. The fraction of sp³-hybridized carbons (Fsp3) is 0.231. The summed E-state index contributed by atoms with van der Waals surface area (Å²) in [5, 5.41) is 1.85. The molecule has 0 fully saturated rings. The zero-order valence-electron chi connectivity index (χ0n) is 51.2. The lowest BCUT2D eigenvalue weighted by Gasteiger charge is -2.46. The van der Waals surface area contributed by atoms with Gasteiger partial charge in [-0.3, -0.25) is 0 Å². The van der Waals surface area contributed by atoms with Crippen molar-refractivity contribution in [3.63, 3.8) is 0 Å². The van der Waals surface area contributed by atoms with E-state index in [1.807, 2.05) is 24.3 Å². The van der Waals surface area contributed by atoms with Crippen molar-refractivity contribution in [1.29, 1.82) is 0 Å². The molecule has 0 unspecified atom stereocenters. The molecule has 3 heterocycles. The average Bonchev–Trinajstić information content (AvgIpc) is 1.45. The fourth-order valence-electron chi connectivity index (χ4n) is 12.8. The van der Waals surface area contributed by atoms with Crippen LogP contribution in [-0.4, -0.2) is 6.71 Å². The van der Waals surface area contributed by atoms with Gasteiger partial charge in [0.15, 0.2) is 0 Å². The van der Waals surface area contributed by atoms with Gasteiger partial charge in [0.25, 0.3) is 6.71 Å². The number of anilines is 9. The number of allylic oxidation sites excluding steroid dienone is 1. The molecule has 5 heteroatoms. The lowest BCUT2D eigenvalue weighted by Crippen LogP contribution is -2.61. The van der Waals surface area contributed by atoms with Crippen molar-refractivity contribution in [3.05, 3.63) is 250 Å². The van der Waals surface area contributed by atoms with Crippen molar-refractivity contribution in [3.8, 4) is 11.1 Å². The maximum absolute atomic E-state index is 6.67. The normalized spacial score (nSPS) is 13.6. The highest BCUT2D eigenvalue weighted by Gasteiger charge is 2.46. The van der Waals surface area contributed by atoms with Crippen molar-refractivity contribution < 1.29 is 4.42 Å². The van der Waals surface area contributed by atoms with Crippen LogP contribution in [0.25, 0.3) is 34.2 Å². The van der Waals surface area contributed by atoms with E-state index in [2.05, 4.69) is 295 Å². The molecule has 0 atom stereocenters. The number of fused-ring (bicyclic) bond motifs is 5. The first kappa shape index (κ1) is 55.0. The second-order valence-electron chi connectivity index (χ2n) is 27.3. The number of hydrogen-bond acceptors (Lipinski definition) is 4. The second kappa shape index (κ2) is 20.1. The van der Waals surface area contributed by atoms with Gasteiger partial charge >= 0.3 is 0 Å². The van der Waals surface area contributed by atoms with E-state index in [1.54, 1.807) is 0 Å². The van der Waals surface area contributed by atoms with Crippen LogP contribution in [0.4, 0.5) is 51.2 Å². The smallest absolute Gasteiger partial charge is 0.252 e. The van der Waals surface area contributed by atoms with Crippen LogP contribution in [0.15, 0.2) is 205 Å². The van der Waals surface area contributed by atoms with Crippen molar-refractivity contribution in [1.82, 2.24) is 0 Å². The molecule has 9 aromatic carbocycles. The van der Waals surface area contributed by atoms with Crippen molar-refractivity contribution >= 4 is 97.4 Å². The van der Waals surface area contributed by atoms with Gasteiger partial charge in [-0.25, -0.2) is 0 Å². The maximum Gasteiger partial charge on any atom is 0.252 e. The minimum Gasteiger partial charge on any atom is -0.455 e. The molecule has 83 heavy (non-hydrogen) atoms. The molecule has 0 spiro atoms. The third-order valence-corrected chi connectivity index (χ3v) is 17.4. The molecule has 0 aliphatic carbocycles. The summed E-state index contributed by atoms with van der Waals surface area (Å²) < 4.78 is 6.67. The van der Waals surface area contributed by atoms with E-state index in [1.165, 1.54) is 66.8 Å². The number of aryl methyl sites for hydroxylation is 2. The lowest BCUT2D eigenvalue weighted by molar-refractivity contribution is 0.573. The Labute approximate surface area is 493 Å². The number of rotatable bonds is 8. The van der Waals surface area contributed by atoms with Gasteiger partial charge in [-0.1, -0.05) is 218 Å². The highest BCUT2D eigenvalue weighted by atomic mass is 16.3. The van der Waals surface area contributed by atoms with Gasteiger partial charge in [0.2, 0.25) is 0 Å². The molecule has 414 valence electrons. The van der Waals surface area contributed by atoms with E-state index in [-0.39, 0.29) is 28.4 Å². The van der Waals surface area contributed by atoms with Crippen LogP contribution in [0.1, 0.15) is 122 Å². The fourth-order valence-corrected chi connectivity index (χ4v) is 12.8. The molecule has 10 aromatic rings. The Kier molecular flexibility index (Phi) is 13.3. The van der Waals surface area contributed by atoms with E-state index >= 15 is 0 Å². The molecule has 0 amide bonds. The van der Waals surface area contributed by atoms with Crippen LogP contribution in [0, 0.1) is 13.8 Å². The van der Waals surface area contributed by atoms with Gasteiger partial charge in [-0.2, -0.15) is 0 Å². The molecule has 0 radical (unpaired) electrons. The third kappa shape index (κ3) is 9.62. The Morgan fingerprint density at radius 1 is 0.470 bits per heavy atom. The average molecular weight is 1080 g/mol. The minimum absolute atomic E-state index is 0.00453. The Hall–Kier alpha value is -8.54. The van der Waals surface area contributed by atoms with E-state index < -0.39 is 0 Å². The SMILES string of the molecule is C=C/C(c1ccc(N2c3cc(N(c4ccccc4)c4ccc(C(C)(C)C)cc4)ccc3B3c4cc(C(C)(C)C)ccc4N(c4c(C)cc(C(C)(C)C)cc4C)c4cc(C(C)(C)C)cc2c43)c(-c2ccccc2)c1)=c1/oc2ccccc2c1=C. The quantitative estimate of drug-likeness (QED) is 0.141. The molecule has 2 aliphatic rings. The number of benzene rings is 9. The molecule has 0 saturated heterocycles. The molecule has 2 aliphatic heterocycles. The minimum atomic E-state index is -0.223. The number of nitrogens with zero attached hydrogens (tertiary/aromatic N) is 3. The monoisotopic (exact) mass is 1080 g/mol.